The summed E-state index contributed by atoms with van der Waals surface area (Å²) in [5, 5.41) is 16.1. The lowest BCUT2D eigenvalue weighted by Crippen LogP contribution is -2.53. The van der Waals surface area contributed by atoms with Gasteiger partial charge < -0.3 is 15.2 Å². The molecule has 5 rings (SSSR count). The summed E-state index contributed by atoms with van der Waals surface area (Å²) in [4.78, 5) is 48.2. The Hall–Kier alpha value is -3.96. The molecule has 2 unspecified atom stereocenters. The van der Waals surface area contributed by atoms with Gasteiger partial charge in [0.05, 0.1) is 36.7 Å². The van der Waals surface area contributed by atoms with E-state index in [0.29, 0.717) is 15.6 Å². The molecule has 2 fully saturated rings. The Labute approximate surface area is 277 Å². The third kappa shape index (κ3) is 6.67. The van der Waals surface area contributed by atoms with Crippen molar-refractivity contribution in [3.8, 4) is 0 Å². The second-order valence-corrected chi connectivity index (χ2v) is 13.3. The highest BCUT2D eigenvalue weighted by Crippen LogP contribution is 2.43. The number of ether oxygens (including phenoxy) is 1. The van der Waals surface area contributed by atoms with E-state index >= 15 is 8.78 Å². The van der Waals surface area contributed by atoms with Gasteiger partial charge >= 0.3 is 24.3 Å². The molecule has 0 aliphatic carbocycles. The largest absolute Gasteiger partial charge is 0.481 e. The molecule has 260 valence electrons. The molecule has 0 radical (unpaired) electrons. The number of carbonyl (C=O) groups is 3. The number of nitrogens with one attached hydrogen (secondary N) is 1. The van der Waals surface area contributed by atoms with Crippen molar-refractivity contribution in [2.75, 3.05) is 32.8 Å². The van der Waals surface area contributed by atoms with Gasteiger partial charge in [0.2, 0.25) is 0 Å². The zero-order chi connectivity index (χ0) is 35.1. The number of aromatic nitrogens is 1. The number of carbonyl (C=O) groups excluding carboxylic acids is 2. The third-order valence-electron chi connectivity index (χ3n) is 8.88. The van der Waals surface area contributed by atoms with Gasteiger partial charge in [0, 0.05) is 30.4 Å². The van der Waals surface area contributed by atoms with Crippen molar-refractivity contribution < 1.29 is 46.2 Å². The number of alkyl halides is 4. The Bertz CT molecular complexity index is 1640. The molecule has 3 aliphatic heterocycles. The quantitative estimate of drug-likeness (QED) is 0.265. The number of carboxylic acids is 1. The van der Waals surface area contributed by atoms with E-state index in [0.717, 1.165) is 5.01 Å². The number of nitrogens with zero attached hydrogens (tertiary/aromatic N) is 5. The number of esters is 1. The Kier molecular flexibility index (Phi) is 9.95. The molecule has 2 N–H and O–H groups in total. The summed E-state index contributed by atoms with van der Waals surface area (Å²) < 4.78 is 79.5. The number of benzene rings is 1. The summed E-state index contributed by atoms with van der Waals surface area (Å²) in [5.74, 6) is -7.62. The predicted octanol–water partition coefficient (Wildman–Crippen LogP) is 4.01. The van der Waals surface area contributed by atoms with Gasteiger partial charge in [-0.3, -0.25) is 24.5 Å². The number of hydrazine groups is 1. The highest BCUT2D eigenvalue weighted by atomic mass is 32.1. The molecule has 17 heteroatoms. The number of aliphatic carboxylic acids is 1. The van der Waals surface area contributed by atoms with Crippen LogP contribution in [0.3, 0.4) is 0 Å². The molecular weight excluding hydrogens is 663 g/mol. The van der Waals surface area contributed by atoms with Crippen LogP contribution in [0.2, 0.25) is 0 Å². The lowest BCUT2D eigenvalue weighted by molar-refractivity contribution is -0.168. The summed E-state index contributed by atoms with van der Waals surface area (Å²) in [6.45, 7) is 3.66. The van der Waals surface area contributed by atoms with Crippen molar-refractivity contribution in [2.45, 2.75) is 64.6 Å². The van der Waals surface area contributed by atoms with Gasteiger partial charge in [-0.2, -0.15) is 8.78 Å². The fraction of sp³-hybridized carbons (Fsp3) is 0.516. The fourth-order valence-electron chi connectivity index (χ4n) is 6.26. The van der Waals surface area contributed by atoms with E-state index in [9.17, 15) is 32.7 Å². The van der Waals surface area contributed by atoms with Gasteiger partial charge in [-0.05, 0) is 51.3 Å². The molecule has 2 saturated heterocycles. The van der Waals surface area contributed by atoms with Crippen molar-refractivity contribution in [3.63, 3.8) is 0 Å². The molecule has 0 spiro atoms. The van der Waals surface area contributed by atoms with Crippen molar-refractivity contribution in [3.05, 3.63) is 63.0 Å². The van der Waals surface area contributed by atoms with E-state index < -0.39 is 79.2 Å². The minimum Gasteiger partial charge on any atom is -0.481 e. The third-order valence-corrected chi connectivity index (χ3v) is 9.66. The first-order valence-electron chi connectivity index (χ1n) is 15.2. The molecule has 1 amide bonds. The summed E-state index contributed by atoms with van der Waals surface area (Å²) in [6.07, 6.45) is -2.18. The topological polar surface area (TPSA) is 128 Å². The summed E-state index contributed by atoms with van der Waals surface area (Å²) in [7, 11) is 0. The molecule has 4 heterocycles. The number of halogens is 5. The normalized spacial score (nSPS) is 22.9. The highest BCUT2D eigenvalue weighted by molar-refractivity contribution is 7.11. The van der Waals surface area contributed by atoms with Crippen molar-refractivity contribution in [1.29, 1.82) is 0 Å². The summed E-state index contributed by atoms with van der Waals surface area (Å²) >= 11 is 1.22. The van der Waals surface area contributed by atoms with Crippen LogP contribution in [0.1, 0.15) is 49.4 Å². The van der Waals surface area contributed by atoms with Gasteiger partial charge in [0.25, 0.3) is 5.92 Å². The average molecular weight is 699 g/mol. The van der Waals surface area contributed by atoms with Crippen LogP contribution in [-0.2, 0) is 19.1 Å². The number of likely N-dealkylation sites (tertiary alicyclic amines) is 1. The van der Waals surface area contributed by atoms with Gasteiger partial charge in [0.1, 0.15) is 17.9 Å². The minimum absolute atomic E-state index is 0.0354. The van der Waals surface area contributed by atoms with Gasteiger partial charge in [0.15, 0.2) is 10.8 Å². The number of hydrogen-bond donors (Lipinski definition) is 2. The zero-order valence-corrected chi connectivity index (χ0v) is 27.4. The number of aliphatic imine (C=N–C) groups is 1. The molecule has 1 aromatic heterocycles. The molecule has 3 aliphatic rings. The number of hydrogen-bond acceptors (Lipinski definition) is 10. The highest BCUT2D eigenvalue weighted by Gasteiger charge is 2.63. The Balaban J connectivity index is 1.57. The van der Waals surface area contributed by atoms with E-state index in [1.54, 1.807) is 18.4 Å². The average Bonchev–Trinajstić information content (AvgIpc) is 3.74. The van der Waals surface area contributed by atoms with Crippen LogP contribution in [0.4, 0.5) is 22.0 Å². The van der Waals surface area contributed by atoms with E-state index in [1.807, 2.05) is 0 Å². The Morgan fingerprint density at radius 3 is 2.60 bits per heavy atom. The molecule has 1 aromatic carbocycles. The number of carboxylic acid groups (broad SMARTS) is 1. The van der Waals surface area contributed by atoms with Crippen LogP contribution >= 0.6 is 11.3 Å². The number of amidine groups is 1. The molecular formula is C31H35F5N6O5S. The first-order chi connectivity index (χ1) is 22.6. The molecule has 48 heavy (non-hydrogen) atoms. The molecule has 3 atom stereocenters. The van der Waals surface area contributed by atoms with Gasteiger partial charge in [-0.25, -0.2) is 28.0 Å². The molecule has 0 saturated carbocycles. The van der Waals surface area contributed by atoms with E-state index in [1.165, 1.54) is 55.3 Å². The Morgan fingerprint density at radius 1 is 1.25 bits per heavy atom. The maximum Gasteiger partial charge on any atom is 0.338 e. The number of fused-ring (bicyclic) bond motifs is 1. The molecule has 0 bridgehead atoms. The first-order valence-corrected chi connectivity index (χ1v) is 16.1. The monoisotopic (exact) mass is 698 g/mol. The lowest BCUT2D eigenvalue weighted by Gasteiger charge is -2.35. The van der Waals surface area contributed by atoms with Crippen LogP contribution in [0.5, 0.6) is 0 Å². The lowest BCUT2D eigenvalue weighted by atomic mass is 9.89. The maximum absolute atomic E-state index is 16.0. The van der Waals surface area contributed by atoms with Crippen LogP contribution in [0, 0.1) is 18.2 Å². The van der Waals surface area contributed by atoms with Crippen LogP contribution in [0.15, 0.2) is 46.0 Å². The SMILES string of the molecule is CCOC(=O)C1=C(CN2CC(F)(F)C3C2CN(C(=O)C(F)F)N3CCC(C)(C)C(=O)O)NC(c2nccs2)=N[C@H]1c1cccc(F)c1C. The zero-order valence-electron chi connectivity index (χ0n) is 26.6. The van der Waals surface area contributed by atoms with Gasteiger partial charge in [-0.1, -0.05) is 12.1 Å². The molecule has 2 aromatic rings. The first kappa shape index (κ1) is 35.3. The number of rotatable bonds is 11. The molecule has 11 nitrogen and oxygen atoms in total. The second-order valence-electron chi connectivity index (χ2n) is 12.4. The second kappa shape index (κ2) is 13.5. The van der Waals surface area contributed by atoms with Crippen LogP contribution in [-0.4, -0.2) is 106 Å². The minimum atomic E-state index is -3.54. The Morgan fingerprint density at radius 2 is 1.98 bits per heavy atom. The number of thiazole rings is 1. The van der Waals surface area contributed by atoms with E-state index in [4.69, 9.17) is 9.73 Å². The van der Waals surface area contributed by atoms with E-state index in [2.05, 4.69) is 10.3 Å². The van der Waals surface area contributed by atoms with Crippen LogP contribution < -0.4 is 5.32 Å². The van der Waals surface area contributed by atoms with E-state index in [-0.39, 0.29) is 42.2 Å². The maximum atomic E-state index is 16.0. The predicted molar refractivity (Wildman–Crippen MR) is 164 cm³/mol. The fourth-order valence-corrected chi connectivity index (χ4v) is 6.84. The van der Waals surface area contributed by atoms with Gasteiger partial charge in [-0.15, -0.1) is 11.3 Å². The number of amides is 1. The summed E-state index contributed by atoms with van der Waals surface area (Å²) in [6, 6.07) is 0.236. The summed E-state index contributed by atoms with van der Waals surface area (Å²) in [5.41, 5.74) is -0.811. The van der Waals surface area contributed by atoms with Crippen molar-refractivity contribution in [1.82, 2.24) is 25.2 Å². The van der Waals surface area contributed by atoms with Crippen LogP contribution in [0.25, 0.3) is 0 Å². The van der Waals surface area contributed by atoms with Crippen molar-refractivity contribution in [2.24, 2.45) is 10.4 Å². The van der Waals surface area contributed by atoms with Crippen molar-refractivity contribution >= 4 is 35.0 Å². The smallest absolute Gasteiger partial charge is 0.338 e. The standard InChI is InChI=1S/C31H35F5N6O5S/c1-5-47-28(44)21-19(38-25(26-37-10-12-48-26)39-22(21)17-7-6-8-18(32)16(17)2)13-40-15-31(35,36)23-20(40)14-42(27(43)24(33)34)41(23)11-9-30(3,4)29(45)46/h6-8,10,12,20,22-24H,5,9,11,13-15H2,1-4H3,(H,38,39)(H,45,46)/t20?,22-,23?/m0/s1.